The molecule has 1 aromatic heterocycles. The van der Waals surface area contributed by atoms with Crippen LogP contribution in [-0.2, 0) is 0 Å². The summed E-state index contributed by atoms with van der Waals surface area (Å²) in [6, 6.07) is 1.94. The van der Waals surface area contributed by atoms with Crippen molar-refractivity contribution in [1.82, 2.24) is 20.2 Å². The van der Waals surface area contributed by atoms with Crippen LogP contribution in [0.3, 0.4) is 0 Å². The molecule has 190 valence electrons. The number of likely N-dealkylation sites (N-methyl/N-ethyl adjacent to an activating group) is 1. The van der Waals surface area contributed by atoms with E-state index >= 15 is 0 Å². The molecule has 0 spiro atoms. The Morgan fingerprint density at radius 2 is 2.11 bits per heavy atom. The molecular formula is C27H39ClN6O. The zero-order valence-electron chi connectivity index (χ0n) is 22.1. The molecule has 1 aromatic carbocycles. The predicted molar refractivity (Wildman–Crippen MR) is 147 cm³/mol. The van der Waals surface area contributed by atoms with Crippen LogP contribution in [0, 0.1) is 6.92 Å². The first-order chi connectivity index (χ1) is 16.6. The number of halogens is 1. The van der Waals surface area contributed by atoms with Gasteiger partial charge in [-0.1, -0.05) is 31.2 Å². The molecule has 1 fully saturated rings. The van der Waals surface area contributed by atoms with Crippen molar-refractivity contribution in [2.45, 2.75) is 46.1 Å². The van der Waals surface area contributed by atoms with Crippen molar-refractivity contribution < 1.29 is 4.74 Å². The molecule has 1 atom stereocenters. The average molecular weight is 499 g/mol. The third-order valence-electron chi connectivity index (χ3n) is 6.93. The maximum Gasteiger partial charge on any atom is 0.141 e. The van der Waals surface area contributed by atoms with Crippen molar-refractivity contribution in [3.63, 3.8) is 0 Å². The molecule has 2 heterocycles. The highest BCUT2D eigenvalue weighted by atomic mass is 35.5. The lowest BCUT2D eigenvalue weighted by Crippen LogP contribution is -2.47. The first-order valence-corrected chi connectivity index (χ1v) is 12.5. The van der Waals surface area contributed by atoms with Gasteiger partial charge in [0.05, 0.1) is 18.7 Å². The van der Waals surface area contributed by atoms with Gasteiger partial charge < -0.3 is 20.7 Å². The molecule has 3 rings (SSSR count). The number of anilines is 2. The number of nitrogens with zero attached hydrogens (tertiary/aromatic N) is 4. The normalized spacial score (nSPS) is 15.5. The molecule has 1 saturated heterocycles. The molecule has 35 heavy (non-hydrogen) atoms. The monoisotopic (exact) mass is 498 g/mol. The van der Waals surface area contributed by atoms with Crippen molar-refractivity contribution in [2.75, 3.05) is 51.5 Å². The van der Waals surface area contributed by atoms with E-state index in [9.17, 15) is 0 Å². The molecule has 1 aliphatic rings. The summed E-state index contributed by atoms with van der Waals surface area (Å²) in [5.74, 6) is 2.41. The highest BCUT2D eigenvalue weighted by Gasteiger charge is 2.34. The van der Waals surface area contributed by atoms with Gasteiger partial charge in [0.15, 0.2) is 0 Å². The number of nitrogens with one attached hydrogen (secondary N) is 1. The maximum atomic E-state index is 6.79. The van der Waals surface area contributed by atoms with Crippen molar-refractivity contribution >= 4 is 28.8 Å². The summed E-state index contributed by atoms with van der Waals surface area (Å²) in [4.78, 5) is 13.2. The van der Waals surface area contributed by atoms with E-state index in [0.29, 0.717) is 11.7 Å². The van der Waals surface area contributed by atoms with E-state index in [2.05, 4.69) is 58.5 Å². The van der Waals surface area contributed by atoms with Crippen molar-refractivity contribution in [1.29, 1.82) is 0 Å². The minimum Gasteiger partial charge on any atom is -0.496 e. The van der Waals surface area contributed by atoms with E-state index in [0.717, 1.165) is 64.9 Å². The SMILES string of the molecule is C=C(C)c1c(N)ncnc1N(C)C(C)c1cc(Cl)c(C)c(C2CN(C/C(=C\CC)NC)C2)c1OC. The number of likely N-dealkylation sites (tertiary alicyclic amines) is 1. The summed E-state index contributed by atoms with van der Waals surface area (Å²) in [6.07, 6.45) is 4.75. The lowest BCUT2D eigenvalue weighted by Gasteiger charge is -2.42. The number of methoxy groups -OCH3 is 1. The van der Waals surface area contributed by atoms with Gasteiger partial charge in [-0.15, -0.1) is 0 Å². The molecule has 1 unspecified atom stereocenters. The molecule has 2 aromatic rings. The number of nitrogens with two attached hydrogens (primary N) is 1. The van der Waals surface area contributed by atoms with Crippen molar-refractivity contribution in [3.8, 4) is 5.75 Å². The van der Waals surface area contributed by atoms with Gasteiger partial charge in [0.1, 0.15) is 23.7 Å². The van der Waals surface area contributed by atoms with Crippen molar-refractivity contribution in [2.24, 2.45) is 0 Å². The number of hydrogen-bond donors (Lipinski definition) is 2. The van der Waals surface area contributed by atoms with E-state index in [-0.39, 0.29) is 6.04 Å². The Bertz CT molecular complexity index is 1110. The van der Waals surface area contributed by atoms with E-state index in [1.165, 1.54) is 17.6 Å². The fraction of sp³-hybridized carbons (Fsp3) is 0.481. The molecule has 0 saturated carbocycles. The summed E-state index contributed by atoms with van der Waals surface area (Å²) >= 11 is 6.79. The van der Waals surface area contributed by atoms with Crippen LogP contribution >= 0.6 is 11.6 Å². The van der Waals surface area contributed by atoms with Crippen LogP contribution in [0.2, 0.25) is 5.02 Å². The van der Waals surface area contributed by atoms with Gasteiger partial charge in [-0.3, -0.25) is 4.90 Å². The van der Waals surface area contributed by atoms with Crippen LogP contribution in [-0.4, -0.2) is 55.7 Å². The molecule has 0 amide bonds. The second-order valence-electron chi connectivity index (χ2n) is 9.32. The maximum absolute atomic E-state index is 6.79. The highest BCUT2D eigenvalue weighted by molar-refractivity contribution is 6.31. The van der Waals surface area contributed by atoms with Gasteiger partial charge in [-0.2, -0.15) is 0 Å². The Morgan fingerprint density at radius 3 is 2.69 bits per heavy atom. The zero-order valence-corrected chi connectivity index (χ0v) is 22.8. The number of ether oxygens (including phenoxy) is 1. The lowest BCUT2D eigenvalue weighted by atomic mass is 9.85. The zero-order chi connectivity index (χ0) is 25.9. The first-order valence-electron chi connectivity index (χ1n) is 12.1. The van der Waals surface area contributed by atoms with Gasteiger partial charge in [0, 0.05) is 61.5 Å². The average Bonchev–Trinajstić information content (AvgIpc) is 2.80. The molecule has 7 nitrogen and oxygen atoms in total. The van der Waals surface area contributed by atoms with Crippen LogP contribution in [0.1, 0.15) is 61.4 Å². The Labute approximate surface area is 215 Å². The van der Waals surface area contributed by atoms with Crippen LogP contribution in [0.15, 0.2) is 30.7 Å². The van der Waals surface area contributed by atoms with Crippen LogP contribution in [0.25, 0.3) is 5.57 Å². The van der Waals surface area contributed by atoms with Crippen LogP contribution in [0.4, 0.5) is 11.6 Å². The van der Waals surface area contributed by atoms with Gasteiger partial charge in [0.25, 0.3) is 0 Å². The number of hydrogen-bond acceptors (Lipinski definition) is 7. The van der Waals surface area contributed by atoms with Crippen LogP contribution in [0.5, 0.6) is 5.75 Å². The summed E-state index contributed by atoms with van der Waals surface area (Å²) < 4.78 is 6.05. The largest absolute Gasteiger partial charge is 0.496 e. The van der Waals surface area contributed by atoms with Gasteiger partial charge in [-0.25, -0.2) is 9.97 Å². The number of nitrogen functional groups attached to an aromatic ring is 1. The van der Waals surface area contributed by atoms with E-state index < -0.39 is 0 Å². The fourth-order valence-electron chi connectivity index (χ4n) is 4.87. The quantitative estimate of drug-likeness (QED) is 0.467. The second kappa shape index (κ2) is 11.3. The molecule has 1 aliphatic heterocycles. The van der Waals surface area contributed by atoms with Gasteiger partial charge >= 0.3 is 0 Å². The summed E-state index contributed by atoms with van der Waals surface area (Å²) in [5, 5.41) is 4.06. The van der Waals surface area contributed by atoms with E-state index in [4.69, 9.17) is 22.1 Å². The Hall–Kier alpha value is -2.77. The molecular weight excluding hydrogens is 460 g/mol. The Kier molecular flexibility index (Phi) is 8.67. The predicted octanol–water partition coefficient (Wildman–Crippen LogP) is 5.17. The highest BCUT2D eigenvalue weighted by Crippen LogP contribution is 2.45. The number of aromatic nitrogens is 2. The second-order valence-corrected chi connectivity index (χ2v) is 9.73. The smallest absolute Gasteiger partial charge is 0.141 e. The van der Waals surface area contributed by atoms with E-state index in [1.807, 2.05) is 27.1 Å². The number of rotatable bonds is 10. The van der Waals surface area contributed by atoms with Gasteiger partial charge in [-0.05, 0) is 44.4 Å². The third-order valence-corrected chi connectivity index (χ3v) is 7.33. The summed E-state index contributed by atoms with van der Waals surface area (Å²) in [6.45, 7) is 15.2. The molecule has 3 N–H and O–H groups in total. The molecule has 0 bridgehead atoms. The third kappa shape index (κ3) is 5.41. The van der Waals surface area contributed by atoms with Gasteiger partial charge in [0.2, 0.25) is 0 Å². The fourth-order valence-corrected chi connectivity index (χ4v) is 5.09. The Balaban J connectivity index is 1.95. The first kappa shape index (κ1) is 26.8. The minimum atomic E-state index is -0.0752. The minimum absolute atomic E-state index is 0.0752. The topological polar surface area (TPSA) is 79.5 Å². The summed E-state index contributed by atoms with van der Waals surface area (Å²) in [5.41, 5.74) is 12.3. The Morgan fingerprint density at radius 1 is 1.43 bits per heavy atom. The molecule has 8 heteroatoms. The lowest BCUT2D eigenvalue weighted by molar-refractivity contribution is 0.157. The number of allylic oxidation sites excluding steroid dienone is 2. The molecule has 0 aliphatic carbocycles. The van der Waals surface area contributed by atoms with E-state index in [1.54, 1.807) is 7.11 Å². The van der Waals surface area contributed by atoms with Crippen molar-refractivity contribution in [3.05, 3.63) is 58.0 Å². The number of benzene rings is 1. The van der Waals surface area contributed by atoms with Crippen LogP contribution < -0.4 is 20.7 Å². The summed E-state index contributed by atoms with van der Waals surface area (Å²) in [7, 11) is 5.72. The molecule has 0 radical (unpaired) electrons. The standard InChI is InChI=1S/C27H39ClN6O/c1-9-10-20(30-6)14-34-12-19(13-34)24-17(4)22(28)11-21(25(24)35-8)18(5)33(7)27-23(16(2)3)26(29)31-15-32-27/h10-11,15,18-19,30H,2,9,12-14H2,1,3-8H3,(H2,29,31,32)/b20-10+.